The predicted octanol–water partition coefficient (Wildman–Crippen LogP) is 4.92. The van der Waals surface area contributed by atoms with Gasteiger partial charge < -0.3 is 10.1 Å². The minimum Gasteiger partial charge on any atom is -0.455 e. The molecule has 0 spiro atoms. The highest BCUT2D eigenvalue weighted by Crippen LogP contribution is 2.35. The van der Waals surface area contributed by atoms with Crippen molar-refractivity contribution in [2.75, 3.05) is 5.32 Å². The van der Waals surface area contributed by atoms with E-state index in [1.807, 2.05) is 19.1 Å². The molecule has 0 unspecified atom stereocenters. The second kappa shape index (κ2) is 10.8. The van der Waals surface area contributed by atoms with E-state index in [-0.39, 0.29) is 43.9 Å². The molecule has 1 amide bonds. The smallest absolute Gasteiger partial charge is 0.238 e. The Morgan fingerprint density at radius 2 is 1.80 bits per heavy atom. The van der Waals surface area contributed by atoms with Gasteiger partial charge in [-0.15, -0.1) is 0 Å². The molecule has 178 valence electrons. The number of benzene rings is 3. The maximum Gasteiger partial charge on any atom is 0.238 e. The molecule has 0 saturated carbocycles. The number of hydrogen-bond acceptors (Lipinski definition) is 6. The largest absolute Gasteiger partial charge is 0.455 e. The summed E-state index contributed by atoms with van der Waals surface area (Å²) in [4.78, 5) is 12.4. The van der Waals surface area contributed by atoms with E-state index in [4.69, 9.17) is 33.1 Å². The van der Waals surface area contributed by atoms with Gasteiger partial charge in [-0.1, -0.05) is 42.3 Å². The number of ether oxygens (including phenoxy) is 1. The molecule has 3 aromatic carbocycles. The van der Waals surface area contributed by atoms with Crippen molar-refractivity contribution in [1.82, 2.24) is 0 Å². The van der Waals surface area contributed by atoms with Crippen LogP contribution in [0.25, 0.3) is 0 Å². The summed E-state index contributed by atoms with van der Waals surface area (Å²) in [5, 5.41) is 26.3. The highest BCUT2D eigenvalue weighted by molar-refractivity contribution is 7.89. The first-order valence-electron chi connectivity index (χ1n) is 10.1. The number of nitrogens with two attached hydrogens (primary N) is 1. The molecule has 0 aliphatic rings. The fourth-order valence-electron chi connectivity index (χ4n) is 3.19. The Kier molecular flexibility index (Phi) is 8.00. The minimum absolute atomic E-state index is 0.0236. The van der Waals surface area contributed by atoms with Crippen molar-refractivity contribution in [2.24, 2.45) is 5.14 Å². The van der Waals surface area contributed by atoms with Crippen LogP contribution in [0.3, 0.4) is 0 Å². The second-order valence-electron chi connectivity index (χ2n) is 7.37. The lowest BCUT2D eigenvalue weighted by Crippen LogP contribution is -2.16. The third kappa shape index (κ3) is 6.30. The van der Waals surface area contributed by atoms with E-state index in [1.54, 1.807) is 18.2 Å². The van der Waals surface area contributed by atoms with E-state index >= 15 is 0 Å². The maximum atomic E-state index is 12.6. The van der Waals surface area contributed by atoms with Gasteiger partial charge in [-0.2, -0.15) is 10.5 Å². The molecule has 8 nitrogen and oxygen atoms in total. The average Bonchev–Trinajstić information content (AvgIpc) is 2.81. The molecule has 0 atom stereocenters. The number of nitrogens with one attached hydrogen (secondary N) is 1. The summed E-state index contributed by atoms with van der Waals surface area (Å²) in [6.07, 6.45) is 0.581. The number of aryl methyl sites for hydroxylation is 1. The number of sulfonamides is 1. The zero-order chi connectivity index (χ0) is 25.8. The number of rotatable bonds is 7. The Morgan fingerprint density at radius 3 is 2.40 bits per heavy atom. The number of anilines is 1. The van der Waals surface area contributed by atoms with E-state index in [0.717, 1.165) is 11.6 Å². The second-order valence-corrected chi connectivity index (χ2v) is 9.72. The zero-order valence-corrected chi connectivity index (χ0v) is 20.6. The van der Waals surface area contributed by atoms with Crippen LogP contribution in [0.2, 0.25) is 10.0 Å². The van der Waals surface area contributed by atoms with Crippen molar-refractivity contribution >= 4 is 44.8 Å². The summed E-state index contributed by atoms with van der Waals surface area (Å²) in [7, 11) is -3.92. The van der Waals surface area contributed by atoms with Crippen LogP contribution in [0.1, 0.15) is 29.2 Å². The summed E-state index contributed by atoms with van der Waals surface area (Å²) in [6.45, 7) is 1.93. The molecule has 0 heterocycles. The van der Waals surface area contributed by atoms with Crippen LogP contribution < -0.4 is 15.2 Å². The molecule has 0 saturated heterocycles. The Labute approximate surface area is 212 Å². The summed E-state index contributed by atoms with van der Waals surface area (Å²) in [5.74, 6) is 0.177. The molecular weight excluding hydrogens is 511 g/mol. The third-order valence-corrected chi connectivity index (χ3v) is 6.54. The van der Waals surface area contributed by atoms with Crippen LogP contribution in [0, 0.1) is 22.7 Å². The first-order valence-corrected chi connectivity index (χ1v) is 12.4. The fraction of sp³-hybridized carbons (Fsp3) is 0.125. The Morgan fingerprint density at radius 1 is 1.06 bits per heavy atom. The average molecular weight is 529 g/mol. The Balaban J connectivity index is 1.84. The molecule has 3 rings (SSSR count). The highest BCUT2D eigenvalue weighted by atomic mass is 35.5. The van der Waals surface area contributed by atoms with Gasteiger partial charge in [-0.25, -0.2) is 13.6 Å². The number of nitriles is 2. The number of carbonyl (C=O) groups is 1. The van der Waals surface area contributed by atoms with Gasteiger partial charge in [0.25, 0.3) is 0 Å². The van der Waals surface area contributed by atoms with Crippen molar-refractivity contribution in [3.63, 3.8) is 0 Å². The van der Waals surface area contributed by atoms with Crippen molar-refractivity contribution in [2.45, 2.75) is 24.7 Å². The molecule has 35 heavy (non-hydrogen) atoms. The van der Waals surface area contributed by atoms with Gasteiger partial charge in [-0.3, -0.25) is 4.79 Å². The molecule has 11 heteroatoms. The third-order valence-electron chi connectivity index (χ3n) is 4.93. The van der Waals surface area contributed by atoms with E-state index in [1.165, 1.54) is 24.3 Å². The number of carbonyl (C=O) groups excluding carboxylic acids is 1. The normalized spacial score (nSPS) is 10.8. The molecule has 0 aliphatic carbocycles. The predicted molar refractivity (Wildman–Crippen MR) is 132 cm³/mol. The van der Waals surface area contributed by atoms with Crippen LogP contribution in [0.4, 0.5) is 5.69 Å². The van der Waals surface area contributed by atoms with Crippen LogP contribution in [-0.4, -0.2) is 14.3 Å². The monoisotopic (exact) mass is 528 g/mol. The topological polar surface area (TPSA) is 146 Å². The van der Waals surface area contributed by atoms with Gasteiger partial charge in [0.05, 0.1) is 39.2 Å². The lowest BCUT2D eigenvalue weighted by Gasteiger charge is -2.14. The molecule has 0 aromatic heterocycles. The number of hydrogen-bond donors (Lipinski definition) is 2. The summed E-state index contributed by atoms with van der Waals surface area (Å²) >= 11 is 12.4. The van der Waals surface area contributed by atoms with E-state index in [9.17, 15) is 23.7 Å². The van der Waals surface area contributed by atoms with Crippen molar-refractivity contribution in [3.05, 3.63) is 80.8 Å². The van der Waals surface area contributed by atoms with E-state index in [0.29, 0.717) is 17.7 Å². The van der Waals surface area contributed by atoms with Crippen molar-refractivity contribution in [3.8, 4) is 23.6 Å². The first kappa shape index (κ1) is 26.0. The van der Waals surface area contributed by atoms with Crippen LogP contribution >= 0.6 is 23.2 Å². The van der Waals surface area contributed by atoms with Gasteiger partial charge in [0, 0.05) is 6.07 Å². The van der Waals surface area contributed by atoms with E-state index in [2.05, 4.69) is 5.32 Å². The minimum atomic E-state index is -3.92. The quantitative estimate of drug-likeness (QED) is 0.444. The number of halogens is 2. The molecule has 0 bridgehead atoms. The molecule has 0 aliphatic heterocycles. The van der Waals surface area contributed by atoms with Crippen LogP contribution in [0.5, 0.6) is 11.5 Å². The van der Waals surface area contributed by atoms with Crippen molar-refractivity contribution in [1.29, 1.82) is 10.5 Å². The van der Waals surface area contributed by atoms with Gasteiger partial charge in [-0.05, 0) is 47.9 Å². The SMILES string of the molecule is CCc1ccc(CC(=O)Nc2ccc(S(N)(=O)=O)cc2Cl)cc1Oc1cc(C#N)cc(C#N)c1Cl. The lowest BCUT2D eigenvalue weighted by molar-refractivity contribution is -0.115. The molecule has 0 radical (unpaired) electrons. The summed E-state index contributed by atoms with van der Waals surface area (Å²) in [6, 6.07) is 15.7. The molecular formula is C24H18Cl2N4O4S. The Hall–Kier alpha value is -3.60. The van der Waals surface area contributed by atoms with Gasteiger partial charge in [0.15, 0.2) is 0 Å². The molecule has 3 N–H and O–H groups in total. The van der Waals surface area contributed by atoms with Crippen molar-refractivity contribution < 1.29 is 17.9 Å². The Bertz CT molecular complexity index is 1510. The lowest BCUT2D eigenvalue weighted by atomic mass is 10.1. The van der Waals surface area contributed by atoms with Gasteiger partial charge >= 0.3 is 0 Å². The maximum absolute atomic E-state index is 12.6. The van der Waals surface area contributed by atoms with Gasteiger partial charge in [0.2, 0.25) is 15.9 Å². The number of primary sulfonamides is 1. The highest BCUT2D eigenvalue weighted by Gasteiger charge is 2.16. The number of amides is 1. The zero-order valence-electron chi connectivity index (χ0n) is 18.3. The van der Waals surface area contributed by atoms with E-state index < -0.39 is 15.9 Å². The van der Waals surface area contributed by atoms with Crippen LogP contribution in [-0.2, 0) is 27.7 Å². The summed E-state index contributed by atoms with van der Waals surface area (Å²) in [5.41, 5.74) is 2.00. The first-order chi connectivity index (χ1) is 16.5. The standard InChI is InChI=1S/C24H18Cl2N4O4S/c1-2-16-4-3-14(8-21(16)34-22-9-15(12-27)7-17(13-28)24(22)26)10-23(31)30-20-6-5-18(11-19(20)25)35(29,32)33/h3-9,11H,2,10H2,1H3,(H,30,31)(H2,29,32,33). The molecule has 0 fully saturated rings. The number of nitrogens with zero attached hydrogens (tertiary/aromatic N) is 2. The summed E-state index contributed by atoms with van der Waals surface area (Å²) < 4.78 is 28.9. The fourth-order valence-corrected chi connectivity index (χ4v) is 4.21. The van der Waals surface area contributed by atoms with Gasteiger partial charge in [0.1, 0.15) is 22.6 Å². The molecule has 3 aromatic rings. The van der Waals surface area contributed by atoms with Crippen LogP contribution in [0.15, 0.2) is 53.4 Å².